The predicted molar refractivity (Wildman–Crippen MR) is 73.5 cm³/mol. The Morgan fingerprint density at radius 3 is 2.17 bits per heavy atom. The number of hydrogen-bond donors (Lipinski definition) is 3. The summed E-state index contributed by atoms with van der Waals surface area (Å²) in [6, 6.07) is 4.38. The van der Waals surface area contributed by atoms with Gasteiger partial charge in [-0.25, -0.2) is 4.79 Å². The standard InChI is InChI=1S/C14H15F3N2O4/c1-2-10(12(21)22)19-11(20)9-5-3-8(4-6-9)7-18-13(23)14(15,16)17/h3-6,10H,2,7H2,1H3,(H,18,23)(H,19,20)(H,21,22). The van der Waals surface area contributed by atoms with Crippen LogP contribution < -0.4 is 10.6 Å². The lowest BCUT2D eigenvalue weighted by Crippen LogP contribution is -2.40. The molecule has 1 aromatic rings. The third-order valence-electron chi connectivity index (χ3n) is 2.94. The van der Waals surface area contributed by atoms with Gasteiger partial charge in [0.15, 0.2) is 0 Å². The van der Waals surface area contributed by atoms with Crippen molar-refractivity contribution >= 4 is 17.8 Å². The van der Waals surface area contributed by atoms with Crippen molar-refractivity contribution in [1.82, 2.24) is 10.6 Å². The molecule has 0 saturated heterocycles. The average molecular weight is 332 g/mol. The van der Waals surface area contributed by atoms with E-state index in [9.17, 15) is 27.6 Å². The molecule has 2 amide bonds. The molecule has 126 valence electrons. The van der Waals surface area contributed by atoms with Crippen LogP contribution in [0.2, 0.25) is 0 Å². The lowest BCUT2D eigenvalue weighted by molar-refractivity contribution is -0.173. The van der Waals surface area contributed by atoms with Gasteiger partial charge in [0, 0.05) is 12.1 Å². The summed E-state index contributed by atoms with van der Waals surface area (Å²) in [4.78, 5) is 33.3. The molecule has 0 fully saturated rings. The minimum Gasteiger partial charge on any atom is -0.480 e. The first kappa shape index (κ1) is 18.5. The summed E-state index contributed by atoms with van der Waals surface area (Å²) in [6.45, 7) is 1.26. The fourth-order valence-corrected chi connectivity index (χ4v) is 1.64. The van der Waals surface area contributed by atoms with Crippen molar-refractivity contribution in [3.8, 4) is 0 Å². The molecule has 0 saturated carbocycles. The summed E-state index contributed by atoms with van der Waals surface area (Å²) in [6.07, 6.45) is -4.74. The zero-order chi connectivity index (χ0) is 17.6. The van der Waals surface area contributed by atoms with Gasteiger partial charge in [0.25, 0.3) is 5.91 Å². The van der Waals surface area contributed by atoms with Crippen molar-refractivity contribution in [2.75, 3.05) is 0 Å². The Hall–Kier alpha value is -2.58. The zero-order valence-corrected chi connectivity index (χ0v) is 12.1. The molecule has 0 aliphatic rings. The topological polar surface area (TPSA) is 95.5 Å². The number of alkyl halides is 3. The van der Waals surface area contributed by atoms with Gasteiger partial charge < -0.3 is 15.7 Å². The second kappa shape index (κ2) is 7.61. The fraction of sp³-hybridized carbons (Fsp3) is 0.357. The molecule has 1 aromatic carbocycles. The van der Waals surface area contributed by atoms with Crippen molar-refractivity contribution in [3.63, 3.8) is 0 Å². The molecule has 0 bridgehead atoms. The molecule has 23 heavy (non-hydrogen) atoms. The van der Waals surface area contributed by atoms with Gasteiger partial charge in [-0.2, -0.15) is 13.2 Å². The smallest absolute Gasteiger partial charge is 0.471 e. The van der Waals surface area contributed by atoms with E-state index in [2.05, 4.69) is 5.32 Å². The molecule has 0 radical (unpaired) electrons. The number of carbonyl (C=O) groups is 3. The molecular weight excluding hydrogens is 317 g/mol. The Morgan fingerprint density at radius 1 is 1.17 bits per heavy atom. The number of halogens is 3. The predicted octanol–water partition coefficient (Wildman–Crippen LogP) is 1.46. The monoisotopic (exact) mass is 332 g/mol. The van der Waals surface area contributed by atoms with Crippen molar-refractivity contribution < 1.29 is 32.7 Å². The highest BCUT2D eigenvalue weighted by Crippen LogP contribution is 2.14. The van der Waals surface area contributed by atoms with Crippen LogP contribution in [0.25, 0.3) is 0 Å². The number of carbonyl (C=O) groups excluding carboxylic acids is 2. The molecule has 0 aliphatic heterocycles. The minimum absolute atomic E-state index is 0.163. The van der Waals surface area contributed by atoms with Gasteiger partial charge in [0.05, 0.1) is 0 Å². The van der Waals surface area contributed by atoms with E-state index in [1.807, 2.05) is 0 Å². The van der Waals surface area contributed by atoms with Gasteiger partial charge >= 0.3 is 18.1 Å². The third-order valence-corrected chi connectivity index (χ3v) is 2.94. The number of benzene rings is 1. The summed E-state index contributed by atoms with van der Waals surface area (Å²) in [5.41, 5.74) is 0.528. The molecule has 0 heterocycles. The molecule has 9 heteroatoms. The average Bonchev–Trinajstić information content (AvgIpc) is 2.49. The van der Waals surface area contributed by atoms with Gasteiger partial charge in [0.2, 0.25) is 0 Å². The third kappa shape index (κ3) is 5.61. The first-order chi connectivity index (χ1) is 10.6. The van der Waals surface area contributed by atoms with Crippen LogP contribution in [0.1, 0.15) is 29.3 Å². The van der Waals surface area contributed by atoms with Gasteiger partial charge in [-0.3, -0.25) is 9.59 Å². The maximum Gasteiger partial charge on any atom is 0.471 e. The Labute approximate surface area is 129 Å². The number of carboxylic acid groups (broad SMARTS) is 1. The first-order valence-electron chi connectivity index (χ1n) is 6.62. The first-order valence-corrected chi connectivity index (χ1v) is 6.62. The Bertz CT molecular complexity index is 585. The van der Waals surface area contributed by atoms with E-state index in [0.29, 0.717) is 5.56 Å². The molecule has 0 aromatic heterocycles. The molecule has 1 atom stereocenters. The van der Waals surface area contributed by atoms with Crippen molar-refractivity contribution in [1.29, 1.82) is 0 Å². The maximum absolute atomic E-state index is 12.0. The van der Waals surface area contributed by atoms with Crippen molar-refractivity contribution in [3.05, 3.63) is 35.4 Å². The second-order valence-corrected chi connectivity index (χ2v) is 4.65. The van der Waals surface area contributed by atoms with Crippen molar-refractivity contribution in [2.45, 2.75) is 32.1 Å². The van der Waals surface area contributed by atoms with E-state index in [1.54, 1.807) is 12.2 Å². The molecule has 1 rings (SSSR count). The summed E-state index contributed by atoms with van der Waals surface area (Å²) in [5, 5.41) is 12.9. The zero-order valence-electron chi connectivity index (χ0n) is 12.1. The normalized spacial score (nSPS) is 12.3. The number of nitrogens with one attached hydrogen (secondary N) is 2. The lowest BCUT2D eigenvalue weighted by Gasteiger charge is -2.12. The SMILES string of the molecule is CCC(NC(=O)c1ccc(CNC(=O)C(F)(F)F)cc1)C(=O)O. The van der Waals surface area contributed by atoms with E-state index < -0.39 is 30.0 Å². The summed E-state index contributed by atoms with van der Waals surface area (Å²) in [7, 11) is 0. The van der Waals surface area contributed by atoms with Crippen LogP contribution in [-0.2, 0) is 16.1 Å². The minimum atomic E-state index is -4.95. The molecule has 1 unspecified atom stereocenters. The molecule has 6 nitrogen and oxygen atoms in total. The Balaban J connectivity index is 2.64. The molecule has 0 spiro atoms. The highest BCUT2D eigenvalue weighted by molar-refractivity contribution is 5.96. The van der Waals surface area contributed by atoms with Gasteiger partial charge in [-0.1, -0.05) is 19.1 Å². The lowest BCUT2D eigenvalue weighted by atomic mass is 10.1. The second-order valence-electron chi connectivity index (χ2n) is 4.65. The van der Waals surface area contributed by atoms with Crippen LogP contribution in [0.15, 0.2) is 24.3 Å². The van der Waals surface area contributed by atoms with E-state index in [1.165, 1.54) is 24.3 Å². The Kier molecular flexibility index (Phi) is 6.11. The number of aliphatic carboxylic acids is 1. The summed E-state index contributed by atoms with van der Waals surface area (Å²) in [5.74, 6) is -3.82. The quantitative estimate of drug-likeness (QED) is 0.735. The van der Waals surface area contributed by atoms with E-state index in [-0.39, 0.29) is 18.5 Å². The number of hydrogen-bond acceptors (Lipinski definition) is 3. The largest absolute Gasteiger partial charge is 0.480 e. The highest BCUT2D eigenvalue weighted by atomic mass is 19.4. The van der Waals surface area contributed by atoms with E-state index in [4.69, 9.17) is 5.11 Å². The number of carboxylic acids is 1. The van der Waals surface area contributed by atoms with E-state index >= 15 is 0 Å². The summed E-state index contributed by atoms with van der Waals surface area (Å²) >= 11 is 0. The molecule has 0 aliphatic carbocycles. The molecular formula is C14H15F3N2O4. The Morgan fingerprint density at radius 2 is 1.74 bits per heavy atom. The summed E-state index contributed by atoms with van der Waals surface area (Å²) < 4.78 is 36.1. The molecule has 3 N–H and O–H groups in total. The van der Waals surface area contributed by atoms with Crippen LogP contribution in [0, 0.1) is 0 Å². The van der Waals surface area contributed by atoms with E-state index in [0.717, 1.165) is 0 Å². The van der Waals surface area contributed by atoms with Crippen LogP contribution in [-0.4, -0.2) is 35.1 Å². The number of amides is 2. The van der Waals surface area contributed by atoms with Gasteiger partial charge in [0.1, 0.15) is 6.04 Å². The van der Waals surface area contributed by atoms with Crippen LogP contribution >= 0.6 is 0 Å². The fourth-order valence-electron chi connectivity index (χ4n) is 1.64. The van der Waals surface area contributed by atoms with Crippen molar-refractivity contribution in [2.24, 2.45) is 0 Å². The van der Waals surface area contributed by atoms with Gasteiger partial charge in [-0.05, 0) is 24.1 Å². The van der Waals surface area contributed by atoms with Crippen LogP contribution in [0.4, 0.5) is 13.2 Å². The highest BCUT2D eigenvalue weighted by Gasteiger charge is 2.38. The van der Waals surface area contributed by atoms with Gasteiger partial charge in [-0.15, -0.1) is 0 Å². The van der Waals surface area contributed by atoms with Crippen LogP contribution in [0.5, 0.6) is 0 Å². The maximum atomic E-state index is 12.0. The van der Waals surface area contributed by atoms with Crippen LogP contribution in [0.3, 0.4) is 0 Å². The number of rotatable bonds is 6.